The van der Waals surface area contributed by atoms with Crippen LogP contribution in [0.3, 0.4) is 0 Å². The van der Waals surface area contributed by atoms with Crippen LogP contribution in [-0.4, -0.2) is 47.0 Å². The Kier molecular flexibility index (Phi) is 9.50. The minimum Gasteiger partial charge on any atom is -0.346 e. The van der Waals surface area contributed by atoms with Gasteiger partial charge in [-0.3, -0.25) is 9.69 Å². The summed E-state index contributed by atoms with van der Waals surface area (Å²) in [6, 6.07) is 21.6. The van der Waals surface area contributed by atoms with Gasteiger partial charge >= 0.3 is 0 Å². The van der Waals surface area contributed by atoms with Gasteiger partial charge in [-0.2, -0.15) is 0 Å². The SMILES string of the molecule is CCCCCCCC(=O)NC(=S)N1CCN(C(c2ccccc2)c2ccccc2)CC1. The van der Waals surface area contributed by atoms with Crippen LogP contribution in [0.1, 0.15) is 62.6 Å². The Balaban J connectivity index is 1.52. The van der Waals surface area contributed by atoms with Crippen LogP contribution < -0.4 is 5.32 Å². The smallest absolute Gasteiger partial charge is 0.226 e. The molecular weight excluding hydrogens is 402 g/mol. The van der Waals surface area contributed by atoms with Crippen molar-refractivity contribution in [2.45, 2.75) is 51.5 Å². The zero-order valence-corrected chi connectivity index (χ0v) is 19.4. The second-order valence-corrected chi connectivity index (χ2v) is 8.65. The van der Waals surface area contributed by atoms with E-state index in [1.165, 1.54) is 30.4 Å². The average Bonchev–Trinajstić information content (AvgIpc) is 2.81. The average molecular weight is 438 g/mol. The first-order valence-electron chi connectivity index (χ1n) is 11.6. The number of unbranched alkanes of at least 4 members (excludes halogenated alkanes) is 4. The van der Waals surface area contributed by atoms with Gasteiger partial charge < -0.3 is 10.2 Å². The summed E-state index contributed by atoms with van der Waals surface area (Å²) < 4.78 is 0. The van der Waals surface area contributed by atoms with Crippen LogP contribution in [0.4, 0.5) is 0 Å². The Morgan fingerprint density at radius 1 is 0.871 bits per heavy atom. The zero-order chi connectivity index (χ0) is 21.9. The monoisotopic (exact) mass is 437 g/mol. The quantitative estimate of drug-likeness (QED) is 0.434. The van der Waals surface area contributed by atoms with Crippen molar-refractivity contribution in [2.75, 3.05) is 26.2 Å². The Hall–Kier alpha value is -2.24. The summed E-state index contributed by atoms with van der Waals surface area (Å²) in [5.41, 5.74) is 2.61. The van der Waals surface area contributed by atoms with E-state index in [0.29, 0.717) is 11.5 Å². The van der Waals surface area contributed by atoms with E-state index in [2.05, 4.69) is 82.7 Å². The van der Waals surface area contributed by atoms with Crippen molar-refractivity contribution in [3.63, 3.8) is 0 Å². The number of carbonyl (C=O) groups excluding carboxylic acids is 1. The van der Waals surface area contributed by atoms with Crippen molar-refractivity contribution >= 4 is 23.2 Å². The topological polar surface area (TPSA) is 35.6 Å². The molecule has 1 aliphatic heterocycles. The molecule has 0 saturated carbocycles. The summed E-state index contributed by atoms with van der Waals surface area (Å²) in [5.74, 6) is 0.0513. The number of hydrogen-bond acceptors (Lipinski definition) is 3. The molecule has 0 aliphatic carbocycles. The number of piperazine rings is 1. The molecule has 0 unspecified atom stereocenters. The van der Waals surface area contributed by atoms with Crippen molar-refractivity contribution in [3.05, 3.63) is 71.8 Å². The van der Waals surface area contributed by atoms with Crippen LogP contribution in [0.15, 0.2) is 60.7 Å². The van der Waals surface area contributed by atoms with Gasteiger partial charge in [0.05, 0.1) is 6.04 Å². The molecule has 1 heterocycles. The van der Waals surface area contributed by atoms with E-state index >= 15 is 0 Å². The van der Waals surface area contributed by atoms with Crippen molar-refractivity contribution < 1.29 is 4.79 Å². The summed E-state index contributed by atoms with van der Waals surface area (Å²) in [4.78, 5) is 16.9. The standard InChI is InChI=1S/C26H35N3OS/c1-2-3-4-5-12-17-24(30)27-26(31)29-20-18-28(19-21-29)25(22-13-8-6-9-14-22)23-15-10-7-11-16-23/h6-11,13-16,25H,2-5,12,17-21H2,1H3,(H,27,30,31). The van der Waals surface area contributed by atoms with Crippen molar-refractivity contribution in [2.24, 2.45) is 0 Å². The third-order valence-corrected chi connectivity index (χ3v) is 6.31. The van der Waals surface area contributed by atoms with Gasteiger partial charge in [0.15, 0.2) is 5.11 Å². The van der Waals surface area contributed by atoms with Crippen molar-refractivity contribution in [1.29, 1.82) is 0 Å². The highest BCUT2D eigenvalue weighted by Gasteiger charge is 2.27. The molecule has 0 aromatic heterocycles. The lowest BCUT2D eigenvalue weighted by Gasteiger charge is -2.40. The van der Waals surface area contributed by atoms with Gasteiger partial charge in [0, 0.05) is 32.6 Å². The molecule has 2 aromatic carbocycles. The molecule has 31 heavy (non-hydrogen) atoms. The summed E-state index contributed by atoms with van der Waals surface area (Å²) >= 11 is 5.54. The van der Waals surface area contributed by atoms with Crippen LogP contribution in [0.2, 0.25) is 0 Å². The molecule has 0 atom stereocenters. The highest BCUT2D eigenvalue weighted by molar-refractivity contribution is 7.80. The van der Waals surface area contributed by atoms with Gasteiger partial charge in [-0.05, 0) is 29.8 Å². The number of benzene rings is 2. The lowest BCUT2D eigenvalue weighted by Crippen LogP contribution is -2.53. The molecule has 1 saturated heterocycles. The third-order valence-electron chi connectivity index (χ3n) is 5.95. The first-order chi connectivity index (χ1) is 15.2. The van der Waals surface area contributed by atoms with Crippen LogP contribution in [0.5, 0.6) is 0 Å². The van der Waals surface area contributed by atoms with E-state index in [1.54, 1.807) is 0 Å². The number of amides is 1. The maximum Gasteiger partial charge on any atom is 0.226 e. The first kappa shape index (κ1) is 23.4. The van der Waals surface area contributed by atoms with Crippen LogP contribution in [0, 0.1) is 0 Å². The number of nitrogens with zero attached hydrogens (tertiary/aromatic N) is 2. The number of carbonyl (C=O) groups is 1. The lowest BCUT2D eigenvalue weighted by molar-refractivity contribution is -0.119. The van der Waals surface area contributed by atoms with Crippen molar-refractivity contribution in [1.82, 2.24) is 15.1 Å². The summed E-state index contributed by atoms with van der Waals surface area (Å²) in [6.45, 7) is 5.66. The molecule has 166 valence electrons. The number of hydrogen-bond donors (Lipinski definition) is 1. The van der Waals surface area contributed by atoms with Crippen LogP contribution in [-0.2, 0) is 4.79 Å². The molecular formula is C26H35N3OS. The lowest BCUT2D eigenvalue weighted by atomic mass is 9.96. The predicted molar refractivity (Wildman–Crippen MR) is 132 cm³/mol. The maximum atomic E-state index is 12.2. The molecule has 3 rings (SSSR count). The fraction of sp³-hybridized carbons (Fsp3) is 0.462. The van der Waals surface area contributed by atoms with E-state index in [9.17, 15) is 4.79 Å². The van der Waals surface area contributed by atoms with Crippen LogP contribution >= 0.6 is 12.2 Å². The van der Waals surface area contributed by atoms with Crippen LogP contribution in [0.25, 0.3) is 0 Å². The van der Waals surface area contributed by atoms with E-state index in [4.69, 9.17) is 12.2 Å². The third kappa shape index (κ3) is 7.15. The largest absolute Gasteiger partial charge is 0.346 e. The Morgan fingerprint density at radius 2 is 1.42 bits per heavy atom. The maximum absolute atomic E-state index is 12.2. The predicted octanol–water partition coefficient (Wildman–Crippen LogP) is 5.16. The second kappa shape index (κ2) is 12.6. The van der Waals surface area contributed by atoms with Crippen molar-refractivity contribution in [3.8, 4) is 0 Å². The molecule has 0 bridgehead atoms. The van der Waals surface area contributed by atoms with Gasteiger partial charge in [-0.25, -0.2) is 0 Å². The number of rotatable bonds is 9. The van der Waals surface area contributed by atoms with Gasteiger partial charge in [-0.1, -0.05) is 93.3 Å². The Labute approximate surface area is 192 Å². The fourth-order valence-electron chi connectivity index (χ4n) is 4.22. The number of thiocarbonyl (C=S) groups is 1. The van der Waals surface area contributed by atoms with E-state index in [1.807, 2.05) is 0 Å². The van der Waals surface area contributed by atoms with Gasteiger partial charge in [-0.15, -0.1) is 0 Å². The van der Waals surface area contributed by atoms with E-state index in [-0.39, 0.29) is 11.9 Å². The first-order valence-corrected chi connectivity index (χ1v) is 12.0. The van der Waals surface area contributed by atoms with Gasteiger partial charge in [0.2, 0.25) is 5.91 Å². The molecule has 0 spiro atoms. The normalized spacial score (nSPS) is 14.6. The molecule has 1 N–H and O–H groups in total. The molecule has 1 aliphatic rings. The summed E-state index contributed by atoms with van der Waals surface area (Å²) in [5, 5.41) is 3.53. The van der Waals surface area contributed by atoms with Gasteiger partial charge in [0.1, 0.15) is 0 Å². The molecule has 5 heteroatoms. The minimum atomic E-state index is 0.0513. The zero-order valence-electron chi connectivity index (χ0n) is 18.6. The molecule has 1 amide bonds. The minimum absolute atomic E-state index is 0.0513. The fourth-order valence-corrected chi connectivity index (χ4v) is 4.51. The summed E-state index contributed by atoms with van der Waals surface area (Å²) in [6.07, 6.45) is 6.30. The Morgan fingerprint density at radius 3 is 1.97 bits per heavy atom. The van der Waals surface area contributed by atoms with E-state index < -0.39 is 0 Å². The highest BCUT2D eigenvalue weighted by Crippen LogP contribution is 2.29. The molecule has 0 radical (unpaired) electrons. The molecule has 4 nitrogen and oxygen atoms in total. The molecule has 2 aromatic rings. The Bertz CT molecular complexity index is 764. The molecule has 1 fully saturated rings. The number of nitrogens with one attached hydrogen (secondary N) is 1. The summed E-state index contributed by atoms with van der Waals surface area (Å²) in [7, 11) is 0. The van der Waals surface area contributed by atoms with E-state index in [0.717, 1.165) is 39.0 Å². The second-order valence-electron chi connectivity index (χ2n) is 8.26. The highest BCUT2D eigenvalue weighted by atomic mass is 32.1. The van der Waals surface area contributed by atoms with Gasteiger partial charge in [0.25, 0.3) is 0 Å².